The fourth-order valence-electron chi connectivity index (χ4n) is 2.46. The van der Waals surface area contributed by atoms with Crippen LogP contribution in [0.1, 0.15) is 34.5 Å². The number of aromatic nitrogens is 1. The molecular formula is C19H24N2OS. The highest BCUT2D eigenvalue weighted by atomic mass is 32.1. The van der Waals surface area contributed by atoms with Crippen molar-refractivity contribution in [3.8, 4) is 0 Å². The van der Waals surface area contributed by atoms with E-state index >= 15 is 0 Å². The number of hydrogen-bond acceptors (Lipinski definition) is 3. The first kappa shape index (κ1) is 17.4. The molecule has 0 aliphatic carbocycles. The standard InChI is InChI=1S/C19H24N2OS/c1-4-12-21(13-8-11-17-9-6-5-7-10-17)19(22)14-18-15(2)23-16(3)20-18/h5-11H,4,12-14H2,1-3H3. The minimum absolute atomic E-state index is 0.151. The molecule has 1 aromatic carbocycles. The quantitative estimate of drug-likeness (QED) is 0.761. The van der Waals surface area contributed by atoms with E-state index in [0.717, 1.165) is 34.1 Å². The summed E-state index contributed by atoms with van der Waals surface area (Å²) in [5.41, 5.74) is 2.08. The van der Waals surface area contributed by atoms with Crippen molar-refractivity contribution < 1.29 is 4.79 Å². The van der Waals surface area contributed by atoms with Crippen LogP contribution < -0.4 is 0 Å². The number of aryl methyl sites for hydroxylation is 2. The molecule has 0 aliphatic rings. The lowest BCUT2D eigenvalue weighted by Gasteiger charge is -2.20. The molecule has 3 nitrogen and oxygen atoms in total. The Bertz CT molecular complexity index is 661. The summed E-state index contributed by atoms with van der Waals surface area (Å²) in [4.78, 5) is 20.1. The Balaban J connectivity index is 1.98. The molecule has 1 heterocycles. The van der Waals surface area contributed by atoms with E-state index < -0.39 is 0 Å². The SMILES string of the molecule is CCCN(CC=Cc1ccccc1)C(=O)Cc1nc(C)sc1C. The van der Waals surface area contributed by atoms with Crippen LogP contribution >= 0.6 is 11.3 Å². The molecule has 2 rings (SSSR count). The van der Waals surface area contributed by atoms with E-state index in [1.165, 1.54) is 0 Å². The van der Waals surface area contributed by atoms with Gasteiger partial charge in [0.2, 0.25) is 5.91 Å². The molecule has 0 aliphatic heterocycles. The van der Waals surface area contributed by atoms with E-state index in [-0.39, 0.29) is 5.91 Å². The van der Waals surface area contributed by atoms with Crippen molar-refractivity contribution in [2.45, 2.75) is 33.6 Å². The van der Waals surface area contributed by atoms with Gasteiger partial charge in [-0.3, -0.25) is 4.79 Å². The van der Waals surface area contributed by atoms with Gasteiger partial charge in [0.05, 0.1) is 17.1 Å². The Labute approximate surface area is 142 Å². The summed E-state index contributed by atoms with van der Waals surface area (Å²) in [5, 5.41) is 1.02. The van der Waals surface area contributed by atoms with Gasteiger partial charge in [-0.25, -0.2) is 4.98 Å². The van der Waals surface area contributed by atoms with Crippen LogP contribution in [-0.4, -0.2) is 28.9 Å². The van der Waals surface area contributed by atoms with Gasteiger partial charge in [0.1, 0.15) is 0 Å². The predicted octanol–water partition coefficient (Wildman–Crippen LogP) is 4.25. The van der Waals surface area contributed by atoms with Gasteiger partial charge in [0.25, 0.3) is 0 Å². The van der Waals surface area contributed by atoms with Gasteiger partial charge < -0.3 is 4.90 Å². The second-order valence-electron chi connectivity index (χ2n) is 5.57. The summed E-state index contributed by atoms with van der Waals surface area (Å²) in [6.45, 7) is 7.54. The van der Waals surface area contributed by atoms with Crippen molar-refractivity contribution in [3.05, 3.63) is 57.6 Å². The van der Waals surface area contributed by atoms with Crippen LogP contribution in [0, 0.1) is 13.8 Å². The number of amides is 1. The Morgan fingerprint density at radius 3 is 2.61 bits per heavy atom. The minimum Gasteiger partial charge on any atom is -0.339 e. The zero-order valence-corrected chi connectivity index (χ0v) is 14.9. The van der Waals surface area contributed by atoms with Gasteiger partial charge in [-0.2, -0.15) is 0 Å². The van der Waals surface area contributed by atoms with Crippen LogP contribution in [0.3, 0.4) is 0 Å². The van der Waals surface area contributed by atoms with E-state index in [4.69, 9.17) is 0 Å². The van der Waals surface area contributed by atoms with E-state index in [9.17, 15) is 4.79 Å². The molecule has 1 aromatic heterocycles. The molecule has 0 radical (unpaired) electrons. The molecule has 0 saturated carbocycles. The lowest BCUT2D eigenvalue weighted by Crippen LogP contribution is -2.33. The van der Waals surface area contributed by atoms with Crippen LogP contribution in [-0.2, 0) is 11.2 Å². The summed E-state index contributed by atoms with van der Waals surface area (Å²) in [5.74, 6) is 0.151. The first-order chi connectivity index (χ1) is 11.1. The van der Waals surface area contributed by atoms with Crippen LogP contribution in [0.5, 0.6) is 0 Å². The molecule has 2 aromatic rings. The molecule has 0 spiro atoms. The number of carbonyl (C=O) groups is 1. The summed E-state index contributed by atoms with van der Waals surface area (Å²) in [7, 11) is 0. The normalized spacial score (nSPS) is 11.1. The van der Waals surface area contributed by atoms with Crippen molar-refractivity contribution in [2.24, 2.45) is 0 Å². The van der Waals surface area contributed by atoms with Gasteiger partial charge in [0, 0.05) is 18.0 Å². The Kier molecular flexibility index (Phi) is 6.53. The molecule has 4 heteroatoms. The Morgan fingerprint density at radius 2 is 2.00 bits per heavy atom. The first-order valence-corrected chi connectivity index (χ1v) is 8.84. The number of rotatable bonds is 7. The molecule has 0 atom stereocenters. The number of benzene rings is 1. The molecular weight excluding hydrogens is 304 g/mol. The van der Waals surface area contributed by atoms with Gasteiger partial charge in [-0.05, 0) is 25.8 Å². The second kappa shape index (κ2) is 8.63. The smallest absolute Gasteiger partial charge is 0.228 e. The molecule has 0 bridgehead atoms. The zero-order chi connectivity index (χ0) is 16.7. The number of thiazole rings is 1. The molecule has 1 amide bonds. The second-order valence-corrected chi connectivity index (χ2v) is 6.97. The van der Waals surface area contributed by atoms with Crippen molar-refractivity contribution in [3.63, 3.8) is 0 Å². The summed E-state index contributed by atoms with van der Waals surface area (Å²) in [6.07, 6.45) is 5.48. The van der Waals surface area contributed by atoms with E-state index in [1.807, 2.05) is 36.9 Å². The molecule has 122 valence electrons. The highest BCUT2D eigenvalue weighted by Gasteiger charge is 2.15. The third-order valence-corrected chi connectivity index (χ3v) is 4.53. The summed E-state index contributed by atoms with van der Waals surface area (Å²) in [6, 6.07) is 10.2. The molecule has 0 unspecified atom stereocenters. The third kappa shape index (κ3) is 5.32. The third-order valence-electron chi connectivity index (χ3n) is 3.60. The maximum absolute atomic E-state index is 12.6. The largest absolute Gasteiger partial charge is 0.339 e. The van der Waals surface area contributed by atoms with Crippen LogP contribution in [0.25, 0.3) is 6.08 Å². The van der Waals surface area contributed by atoms with Gasteiger partial charge in [-0.15, -0.1) is 11.3 Å². The average Bonchev–Trinajstić information content (AvgIpc) is 2.85. The van der Waals surface area contributed by atoms with Crippen molar-refractivity contribution in [1.29, 1.82) is 0 Å². The van der Waals surface area contributed by atoms with Crippen molar-refractivity contribution in [1.82, 2.24) is 9.88 Å². The molecule has 0 fully saturated rings. The van der Waals surface area contributed by atoms with Gasteiger partial charge >= 0.3 is 0 Å². The monoisotopic (exact) mass is 328 g/mol. The van der Waals surface area contributed by atoms with E-state index in [2.05, 4.69) is 36.2 Å². The predicted molar refractivity (Wildman–Crippen MR) is 97.6 cm³/mol. The number of hydrogen-bond donors (Lipinski definition) is 0. The summed E-state index contributed by atoms with van der Waals surface area (Å²) >= 11 is 1.66. The topological polar surface area (TPSA) is 33.2 Å². The number of carbonyl (C=O) groups excluding carboxylic acids is 1. The fraction of sp³-hybridized carbons (Fsp3) is 0.368. The molecule has 0 saturated heterocycles. The summed E-state index contributed by atoms with van der Waals surface area (Å²) < 4.78 is 0. The lowest BCUT2D eigenvalue weighted by molar-refractivity contribution is -0.130. The zero-order valence-electron chi connectivity index (χ0n) is 14.1. The Morgan fingerprint density at radius 1 is 1.26 bits per heavy atom. The molecule has 23 heavy (non-hydrogen) atoms. The van der Waals surface area contributed by atoms with Gasteiger partial charge in [0.15, 0.2) is 0 Å². The Hall–Kier alpha value is -1.94. The maximum atomic E-state index is 12.6. The highest BCUT2D eigenvalue weighted by molar-refractivity contribution is 7.11. The van der Waals surface area contributed by atoms with Crippen molar-refractivity contribution in [2.75, 3.05) is 13.1 Å². The van der Waals surface area contributed by atoms with Crippen LogP contribution in [0.4, 0.5) is 0 Å². The fourth-order valence-corrected chi connectivity index (χ4v) is 3.29. The number of nitrogens with zero attached hydrogens (tertiary/aromatic N) is 2. The van der Waals surface area contributed by atoms with E-state index in [0.29, 0.717) is 13.0 Å². The van der Waals surface area contributed by atoms with Gasteiger partial charge in [-0.1, -0.05) is 49.4 Å². The first-order valence-electron chi connectivity index (χ1n) is 8.02. The van der Waals surface area contributed by atoms with E-state index in [1.54, 1.807) is 11.3 Å². The minimum atomic E-state index is 0.151. The van der Waals surface area contributed by atoms with Crippen molar-refractivity contribution >= 4 is 23.3 Å². The maximum Gasteiger partial charge on any atom is 0.228 e. The average molecular weight is 328 g/mol. The van der Waals surface area contributed by atoms with Crippen LogP contribution in [0.15, 0.2) is 36.4 Å². The highest BCUT2D eigenvalue weighted by Crippen LogP contribution is 2.17. The van der Waals surface area contributed by atoms with Crippen LogP contribution in [0.2, 0.25) is 0 Å². The lowest BCUT2D eigenvalue weighted by atomic mass is 10.2. The molecule has 0 N–H and O–H groups in total.